The molecule has 38 heavy (non-hydrogen) atoms. The van der Waals surface area contributed by atoms with E-state index in [1.807, 2.05) is 44.2 Å². The third-order valence-corrected chi connectivity index (χ3v) is 7.05. The number of amides is 1. The zero-order chi connectivity index (χ0) is 27.4. The van der Waals surface area contributed by atoms with Crippen LogP contribution in [-0.2, 0) is 15.0 Å². The minimum atomic E-state index is -0.866. The summed E-state index contributed by atoms with van der Waals surface area (Å²) in [5.74, 6) is -0.284. The van der Waals surface area contributed by atoms with Gasteiger partial charge >= 0.3 is 0 Å². The van der Waals surface area contributed by atoms with Gasteiger partial charge in [0.2, 0.25) is 6.79 Å². The summed E-state index contributed by atoms with van der Waals surface area (Å²) >= 11 is 0. The van der Waals surface area contributed by atoms with Crippen LogP contribution in [0.5, 0.6) is 17.2 Å². The van der Waals surface area contributed by atoms with Gasteiger partial charge in [0.1, 0.15) is 11.5 Å². The van der Waals surface area contributed by atoms with Gasteiger partial charge in [0.05, 0.1) is 24.3 Å². The number of ketones is 1. The first-order chi connectivity index (χ1) is 18.0. The number of ether oxygens (including phenoxy) is 3. The Kier molecular flexibility index (Phi) is 6.18. The smallest absolute Gasteiger partial charge is 0.300 e. The Morgan fingerprint density at radius 3 is 2.32 bits per heavy atom. The number of rotatable bonds is 4. The van der Waals surface area contributed by atoms with Crippen molar-refractivity contribution >= 4 is 23.1 Å². The second-order valence-corrected chi connectivity index (χ2v) is 10.7. The zero-order valence-corrected chi connectivity index (χ0v) is 22.4. The van der Waals surface area contributed by atoms with Crippen molar-refractivity contribution in [1.82, 2.24) is 0 Å². The van der Waals surface area contributed by atoms with E-state index in [4.69, 9.17) is 14.2 Å². The highest BCUT2D eigenvalue weighted by molar-refractivity contribution is 6.51. The van der Waals surface area contributed by atoms with Crippen LogP contribution in [0.3, 0.4) is 0 Å². The lowest BCUT2D eigenvalue weighted by Gasteiger charge is -2.27. The van der Waals surface area contributed by atoms with Gasteiger partial charge in [0, 0.05) is 11.8 Å². The molecule has 1 fully saturated rings. The molecule has 0 radical (unpaired) electrons. The summed E-state index contributed by atoms with van der Waals surface area (Å²) in [6.07, 6.45) is 0. The van der Waals surface area contributed by atoms with Gasteiger partial charge in [-0.15, -0.1) is 0 Å². The standard InChI is InChI=1S/C31H31NO6/c1-17-13-18(2)29(36-6)22(14-17)27(33)25-26(19-7-9-20(10-8-19)31(3,4)5)32(30(35)28(25)34)21-11-12-23-24(15-21)38-16-37-23/h7-15,26,33H,16H2,1-6H3/b27-25+. The monoisotopic (exact) mass is 513 g/mol. The molecule has 5 rings (SSSR count). The van der Waals surface area contributed by atoms with Crippen LogP contribution in [0.1, 0.15) is 54.6 Å². The van der Waals surface area contributed by atoms with Gasteiger partial charge in [-0.2, -0.15) is 0 Å². The molecular weight excluding hydrogens is 482 g/mol. The number of carbonyl (C=O) groups is 2. The molecule has 7 heteroatoms. The first-order valence-corrected chi connectivity index (χ1v) is 12.5. The molecule has 2 aliphatic rings. The molecule has 1 N–H and O–H groups in total. The van der Waals surface area contributed by atoms with Crippen LogP contribution in [0.15, 0.2) is 60.2 Å². The fourth-order valence-corrected chi connectivity index (χ4v) is 5.16. The summed E-state index contributed by atoms with van der Waals surface area (Å²) in [5.41, 5.74) is 4.25. The van der Waals surface area contributed by atoms with Gasteiger partial charge in [-0.05, 0) is 59.7 Å². The average molecular weight is 514 g/mol. The molecule has 3 aromatic carbocycles. The number of aliphatic hydroxyl groups excluding tert-OH is 1. The number of methoxy groups -OCH3 is 1. The lowest BCUT2D eigenvalue weighted by molar-refractivity contribution is -0.132. The molecule has 1 atom stereocenters. The minimum Gasteiger partial charge on any atom is -0.507 e. The van der Waals surface area contributed by atoms with E-state index in [-0.39, 0.29) is 23.5 Å². The highest BCUT2D eigenvalue weighted by Crippen LogP contribution is 2.46. The van der Waals surface area contributed by atoms with Crippen LogP contribution in [-0.4, -0.2) is 30.7 Å². The number of Topliss-reactive ketones (excluding diaryl/α,β-unsaturated/α-hetero) is 1. The molecule has 1 unspecified atom stereocenters. The molecule has 3 aromatic rings. The predicted octanol–water partition coefficient (Wildman–Crippen LogP) is 5.96. The number of anilines is 1. The zero-order valence-electron chi connectivity index (χ0n) is 22.4. The SMILES string of the molecule is COc1c(C)cc(C)cc1/C(O)=C1\C(=O)C(=O)N(c2ccc3c(c2)OCO3)C1c1ccc(C(C)(C)C)cc1. The molecule has 7 nitrogen and oxygen atoms in total. The summed E-state index contributed by atoms with van der Waals surface area (Å²) in [6, 6.07) is 15.7. The van der Waals surface area contributed by atoms with Crippen molar-refractivity contribution in [1.29, 1.82) is 0 Å². The lowest BCUT2D eigenvalue weighted by atomic mass is 9.85. The minimum absolute atomic E-state index is 0.000486. The van der Waals surface area contributed by atoms with Crippen molar-refractivity contribution in [2.45, 2.75) is 46.1 Å². The number of hydrogen-bond acceptors (Lipinski definition) is 6. The number of carbonyl (C=O) groups excluding carboxylic acids is 2. The summed E-state index contributed by atoms with van der Waals surface area (Å²) in [7, 11) is 1.52. The van der Waals surface area contributed by atoms with Crippen LogP contribution in [0.2, 0.25) is 0 Å². The maximum Gasteiger partial charge on any atom is 0.300 e. The molecule has 2 aliphatic heterocycles. The van der Waals surface area contributed by atoms with Crippen LogP contribution in [0.4, 0.5) is 5.69 Å². The predicted molar refractivity (Wildman–Crippen MR) is 145 cm³/mol. The van der Waals surface area contributed by atoms with Crippen LogP contribution < -0.4 is 19.1 Å². The molecule has 0 spiro atoms. The Morgan fingerprint density at radius 1 is 0.974 bits per heavy atom. The topological polar surface area (TPSA) is 85.3 Å². The molecule has 0 bridgehead atoms. The number of nitrogens with zero attached hydrogens (tertiary/aromatic N) is 1. The van der Waals surface area contributed by atoms with E-state index >= 15 is 0 Å². The van der Waals surface area contributed by atoms with Crippen molar-refractivity contribution in [3.05, 3.63) is 88.0 Å². The third-order valence-electron chi connectivity index (χ3n) is 7.05. The van der Waals surface area contributed by atoms with Gasteiger partial charge in [-0.25, -0.2) is 0 Å². The number of benzene rings is 3. The number of aryl methyl sites for hydroxylation is 2. The molecule has 2 heterocycles. The first-order valence-electron chi connectivity index (χ1n) is 12.5. The van der Waals surface area contributed by atoms with Crippen LogP contribution in [0.25, 0.3) is 5.76 Å². The van der Waals surface area contributed by atoms with E-state index in [0.29, 0.717) is 34.1 Å². The average Bonchev–Trinajstić information content (AvgIpc) is 3.44. The van der Waals surface area contributed by atoms with Crippen LogP contribution >= 0.6 is 0 Å². The fraction of sp³-hybridized carbons (Fsp3) is 0.290. The molecule has 0 saturated carbocycles. The van der Waals surface area contributed by atoms with Gasteiger partial charge in [0.25, 0.3) is 11.7 Å². The molecule has 0 aliphatic carbocycles. The number of hydrogen-bond donors (Lipinski definition) is 1. The van der Waals surface area contributed by atoms with Crippen molar-refractivity contribution in [3.8, 4) is 17.2 Å². The summed E-state index contributed by atoms with van der Waals surface area (Å²) in [4.78, 5) is 28.6. The first kappa shape index (κ1) is 25.4. The van der Waals surface area contributed by atoms with Gasteiger partial charge in [-0.1, -0.05) is 51.1 Å². The van der Waals surface area contributed by atoms with E-state index in [0.717, 1.165) is 16.7 Å². The maximum absolute atomic E-state index is 13.6. The third kappa shape index (κ3) is 4.18. The summed E-state index contributed by atoms with van der Waals surface area (Å²) in [6.45, 7) is 10.2. The summed E-state index contributed by atoms with van der Waals surface area (Å²) in [5, 5.41) is 11.7. The van der Waals surface area contributed by atoms with Crippen molar-refractivity contribution < 1.29 is 28.9 Å². The Hall–Kier alpha value is -4.26. The molecule has 196 valence electrons. The fourth-order valence-electron chi connectivity index (χ4n) is 5.16. The highest BCUT2D eigenvalue weighted by Gasteiger charge is 2.47. The van der Waals surface area contributed by atoms with E-state index < -0.39 is 17.7 Å². The number of aliphatic hydroxyl groups is 1. The lowest BCUT2D eigenvalue weighted by Crippen LogP contribution is -2.29. The van der Waals surface area contributed by atoms with Gasteiger partial charge in [-0.3, -0.25) is 14.5 Å². The van der Waals surface area contributed by atoms with E-state index in [2.05, 4.69) is 20.8 Å². The van der Waals surface area contributed by atoms with Crippen LogP contribution in [0, 0.1) is 13.8 Å². The number of fused-ring (bicyclic) bond motifs is 1. The van der Waals surface area contributed by atoms with Crippen molar-refractivity contribution in [3.63, 3.8) is 0 Å². The largest absolute Gasteiger partial charge is 0.507 e. The maximum atomic E-state index is 13.6. The van der Waals surface area contributed by atoms with Crippen molar-refractivity contribution in [2.24, 2.45) is 0 Å². The molecular formula is C31H31NO6. The highest BCUT2D eigenvalue weighted by atomic mass is 16.7. The van der Waals surface area contributed by atoms with Gasteiger partial charge in [0.15, 0.2) is 11.5 Å². The molecule has 1 amide bonds. The van der Waals surface area contributed by atoms with E-state index in [1.54, 1.807) is 24.3 Å². The van der Waals surface area contributed by atoms with E-state index in [9.17, 15) is 14.7 Å². The summed E-state index contributed by atoms with van der Waals surface area (Å²) < 4.78 is 16.6. The Labute approximate surface area is 222 Å². The second-order valence-electron chi connectivity index (χ2n) is 10.7. The Balaban J connectivity index is 1.74. The molecule has 1 saturated heterocycles. The Morgan fingerprint density at radius 2 is 1.66 bits per heavy atom. The van der Waals surface area contributed by atoms with E-state index in [1.165, 1.54) is 12.0 Å². The second kappa shape index (κ2) is 9.24. The molecule has 0 aromatic heterocycles. The van der Waals surface area contributed by atoms with Gasteiger partial charge < -0.3 is 19.3 Å². The quantitative estimate of drug-likeness (QED) is 0.263. The normalized spacial score (nSPS) is 18.3. The Bertz CT molecular complexity index is 1480. The van der Waals surface area contributed by atoms with Crippen molar-refractivity contribution in [2.75, 3.05) is 18.8 Å².